The van der Waals surface area contributed by atoms with Crippen molar-refractivity contribution in [1.82, 2.24) is 30.0 Å². The van der Waals surface area contributed by atoms with Gasteiger partial charge in [0.25, 0.3) is 0 Å². The van der Waals surface area contributed by atoms with Gasteiger partial charge in [0.1, 0.15) is 11.8 Å². The minimum atomic E-state index is 0.137. The molecular weight excluding hydrogens is 384 g/mol. The fourth-order valence-electron chi connectivity index (χ4n) is 4.69. The largest absolute Gasteiger partial charge is 0.468 e. The van der Waals surface area contributed by atoms with Crippen molar-refractivity contribution in [3.05, 3.63) is 52.4 Å². The van der Waals surface area contributed by atoms with E-state index in [0.717, 1.165) is 44.3 Å². The highest BCUT2D eigenvalue weighted by Crippen LogP contribution is 2.35. The van der Waals surface area contributed by atoms with Crippen LogP contribution in [-0.2, 0) is 6.54 Å². The van der Waals surface area contributed by atoms with E-state index in [1.54, 1.807) is 17.6 Å². The molecule has 29 heavy (non-hydrogen) atoms. The van der Waals surface area contributed by atoms with Gasteiger partial charge in [0.15, 0.2) is 5.82 Å². The maximum absolute atomic E-state index is 5.53. The third-order valence-corrected chi connectivity index (χ3v) is 7.15. The summed E-state index contributed by atoms with van der Waals surface area (Å²) in [5, 5.41) is 15.2. The van der Waals surface area contributed by atoms with Gasteiger partial charge in [0.05, 0.1) is 18.8 Å². The van der Waals surface area contributed by atoms with Crippen LogP contribution in [-0.4, -0.2) is 56.2 Å². The van der Waals surface area contributed by atoms with Crippen LogP contribution >= 0.6 is 11.3 Å². The van der Waals surface area contributed by atoms with Crippen LogP contribution < -0.4 is 0 Å². The Hall–Kier alpha value is -2.03. The zero-order valence-electron chi connectivity index (χ0n) is 16.7. The van der Waals surface area contributed by atoms with Crippen LogP contribution in [0.25, 0.3) is 0 Å². The van der Waals surface area contributed by atoms with Crippen LogP contribution in [0.4, 0.5) is 0 Å². The second-order valence-electron chi connectivity index (χ2n) is 8.08. The fourth-order valence-corrected chi connectivity index (χ4v) is 5.54. The van der Waals surface area contributed by atoms with Crippen molar-refractivity contribution in [2.75, 3.05) is 26.2 Å². The highest BCUT2D eigenvalue weighted by atomic mass is 32.1. The van der Waals surface area contributed by atoms with Crippen molar-refractivity contribution >= 4 is 11.3 Å². The summed E-state index contributed by atoms with van der Waals surface area (Å²) in [6.45, 7) is 4.92. The summed E-state index contributed by atoms with van der Waals surface area (Å²) >= 11 is 1.80. The first-order valence-corrected chi connectivity index (χ1v) is 11.6. The lowest BCUT2D eigenvalue weighted by molar-refractivity contribution is 0.0952. The van der Waals surface area contributed by atoms with Gasteiger partial charge in [-0.05, 0) is 46.8 Å². The van der Waals surface area contributed by atoms with E-state index in [1.165, 1.54) is 37.0 Å². The molecule has 1 aliphatic heterocycles. The number of tetrazole rings is 1. The van der Waals surface area contributed by atoms with Gasteiger partial charge in [-0.3, -0.25) is 9.80 Å². The van der Waals surface area contributed by atoms with Crippen LogP contribution in [0.2, 0.25) is 0 Å². The van der Waals surface area contributed by atoms with Gasteiger partial charge in [-0.25, -0.2) is 4.68 Å². The van der Waals surface area contributed by atoms with Gasteiger partial charge in [0, 0.05) is 31.1 Å². The minimum Gasteiger partial charge on any atom is -0.468 e. The smallest absolute Gasteiger partial charge is 0.174 e. The molecule has 0 aromatic carbocycles. The number of piperazine rings is 1. The van der Waals surface area contributed by atoms with Crippen LogP contribution in [0.15, 0.2) is 40.3 Å². The maximum Gasteiger partial charge on any atom is 0.174 e. The van der Waals surface area contributed by atoms with Gasteiger partial charge >= 0.3 is 0 Å². The Bertz CT molecular complexity index is 863. The van der Waals surface area contributed by atoms with Gasteiger partial charge in [-0.2, -0.15) is 0 Å². The summed E-state index contributed by atoms with van der Waals surface area (Å²) in [5.74, 6) is 2.05. The lowest BCUT2D eigenvalue weighted by Gasteiger charge is -2.38. The quantitative estimate of drug-likeness (QED) is 0.615. The number of thiophene rings is 1. The minimum absolute atomic E-state index is 0.137. The molecule has 0 bridgehead atoms. The first-order valence-electron chi connectivity index (χ1n) is 10.7. The Morgan fingerprint density at radius 1 is 1.07 bits per heavy atom. The highest BCUT2D eigenvalue weighted by molar-refractivity contribution is 7.10. The van der Waals surface area contributed by atoms with Gasteiger partial charge < -0.3 is 4.42 Å². The summed E-state index contributed by atoms with van der Waals surface area (Å²) in [4.78, 5) is 6.34. The second kappa shape index (κ2) is 8.77. The van der Waals surface area contributed by atoms with Crippen LogP contribution in [0.1, 0.15) is 60.6 Å². The molecule has 1 aliphatic carbocycles. The zero-order valence-corrected chi connectivity index (χ0v) is 17.5. The summed E-state index contributed by atoms with van der Waals surface area (Å²) in [7, 11) is 0. The molecule has 154 valence electrons. The van der Waals surface area contributed by atoms with E-state index >= 15 is 0 Å². The molecule has 2 aliphatic rings. The third kappa shape index (κ3) is 4.15. The molecule has 0 spiro atoms. The molecule has 8 heteroatoms. The van der Waals surface area contributed by atoms with Crippen molar-refractivity contribution in [3.63, 3.8) is 0 Å². The van der Waals surface area contributed by atoms with E-state index in [0.29, 0.717) is 6.04 Å². The molecule has 5 rings (SSSR count). The van der Waals surface area contributed by atoms with Crippen LogP contribution in [0.3, 0.4) is 0 Å². The first-order chi connectivity index (χ1) is 14.4. The van der Waals surface area contributed by atoms with E-state index in [4.69, 9.17) is 4.42 Å². The van der Waals surface area contributed by atoms with Crippen molar-refractivity contribution in [1.29, 1.82) is 0 Å². The maximum atomic E-state index is 5.53. The molecule has 1 saturated carbocycles. The van der Waals surface area contributed by atoms with Crippen molar-refractivity contribution in [2.45, 2.75) is 50.7 Å². The lowest BCUT2D eigenvalue weighted by Crippen LogP contribution is -2.47. The number of aromatic nitrogens is 4. The number of nitrogens with zero attached hydrogens (tertiary/aromatic N) is 6. The Labute approximate surface area is 175 Å². The Morgan fingerprint density at radius 2 is 1.93 bits per heavy atom. The average Bonchev–Trinajstić information content (AvgIpc) is 3.54. The van der Waals surface area contributed by atoms with E-state index in [2.05, 4.69) is 53.6 Å². The van der Waals surface area contributed by atoms with Crippen LogP contribution in [0, 0.1) is 0 Å². The second-order valence-corrected chi connectivity index (χ2v) is 9.06. The molecule has 1 unspecified atom stereocenters. The molecule has 4 heterocycles. The van der Waals surface area contributed by atoms with Gasteiger partial charge in [-0.15, -0.1) is 16.4 Å². The van der Waals surface area contributed by atoms with E-state index in [9.17, 15) is 0 Å². The fraction of sp³-hybridized carbons (Fsp3) is 0.571. The Balaban J connectivity index is 1.35. The summed E-state index contributed by atoms with van der Waals surface area (Å²) in [6, 6.07) is 8.95. The molecule has 2 fully saturated rings. The first kappa shape index (κ1) is 19.0. The molecule has 3 aromatic heterocycles. The Morgan fingerprint density at radius 3 is 2.66 bits per heavy atom. The topological polar surface area (TPSA) is 63.2 Å². The molecule has 0 amide bonds. The number of furan rings is 1. The average molecular weight is 413 g/mol. The number of hydrogen-bond acceptors (Lipinski definition) is 7. The van der Waals surface area contributed by atoms with E-state index in [1.807, 2.05) is 6.07 Å². The normalized spacial score (nSPS) is 20.8. The molecule has 1 saturated heterocycles. The molecular formula is C21H28N6OS. The predicted molar refractivity (Wildman–Crippen MR) is 112 cm³/mol. The lowest BCUT2D eigenvalue weighted by atomic mass is 9.95. The van der Waals surface area contributed by atoms with Crippen molar-refractivity contribution < 1.29 is 4.42 Å². The molecule has 0 N–H and O–H groups in total. The molecule has 0 radical (unpaired) electrons. The van der Waals surface area contributed by atoms with E-state index in [-0.39, 0.29) is 6.04 Å². The summed E-state index contributed by atoms with van der Waals surface area (Å²) < 4.78 is 7.67. The molecule has 7 nitrogen and oxygen atoms in total. The van der Waals surface area contributed by atoms with E-state index < -0.39 is 0 Å². The van der Waals surface area contributed by atoms with Crippen molar-refractivity contribution in [2.24, 2.45) is 0 Å². The zero-order chi connectivity index (χ0) is 19.5. The monoisotopic (exact) mass is 412 g/mol. The summed E-state index contributed by atoms with van der Waals surface area (Å²) in [5.41, 5.74) is 0. The van der Waals surface area contributed by atoms with Gasteiger partial charge in [0.2, 0.25) is 0 Å². The van der Waals surface area contributed by atoms with Gasteiger partial charge in [-0.1, -0.05) is 25.3 Å². The number of rotatable bonds is 6. The highest BCUT2D eigenvalue weighted by Gasteiger charge is 2.33. The third-order valence-electron chi connectivity index (χ3n) is 6.23. The SMILES string of the molecule is c1coc(CN2CCN(C(c3cccs3)c3nnnn3C3CCCCC3)CC2)c1. The number of hydrogen-bond donors (Lipinski definition) is 0. The standard InChI is InChI=1S/C21H28N6OS/c1-2-6-17(7-3-1)27-21(22-23-24-27)20(19-9-5-15-29-19)26-12-10-25(11-13-26)16-18-8-4-14-28-18/h4-5,8-9,14-15,17,20H,1-3,6-7,10-13,16H2. The van der Waals surface area contributed by atoms with Crippen LogP contribution in [0.5, 0.6) is 0 Å². The molecule has 3 aromatic rings. The predicted octanol–water partition coefficient (Wildman–Crippen LogP) is 3.74. The Kier molecular flexibility index (Phi) is 5.73. The molecule has 1 atom stereocenters. The summed E-state index contributed by atoms with van der Waals surface area (Å²) in [6.07, 6.45) is 8.01. The van der Waals surface area contributed by atoms with Crippen molar-refractivity contribution in [3.8, 4) is 0 Å².